The summed E-state index contributed by atoms with van der Waals surface area (Å²) in [5, 5.41) is 3.07. The van der Waals surface area contributed by atoms with Gasteiger partial charge in [0, 0.05) is 36.8 Å². The molecule has 1 aliphatic heterocycles. The third-order valence-corrected chi connectivity index (χ3v) is 6.27. The predicted octanol–water partition coefficient (Wildman–Crippen LogP) is 4.77. The van der Waals surface area contributed by atoms with Gasteiger partial charge in [-0.25, -0.2) is 0 Å². The van der Waals surface area contributed by atoms with Crippen LogP contribution in [-0.4, -0.2) is 41.3 Å². The Morgan fingerprint density at radius 1 is 0.939 bits per heavy atom. The van der Waals surface area contributed by atoms with Gasteiger partial charge in [-0.15, -0.1) is 0 Å². The third-order valence-electron chi connectivity index (χ3n) is 6.27. The molecular formula is C28H31N3O2. The van der Waals surface area contributed by atoms with Crippen molar-refractivity contribution in [1.29, 1.82) is 0 Å². The minimum absolute atomic E-state index is 0.0617. The molecule has 0 radical (unpaired) electrons. The Labute approximate surface area is 195 Å². The average molecular weight is 442 g/mol. The summed E-state index contributed by atoms with van der Waals surface area (Å²) in [4.78, 5) is 32.4. The highest BCUT2D eigenvalue weighted by Gasteiger charge is 2.28. The van der Waals surface area contributed by atoms with Crippen molar-refractivity contribution in [1.82, 2.24) is 15.2 Å². The van der Waals surface area contributed by atoms with Gasteiger partial charge in [-0.05, 0) is 62.4 Å². The van der Waals surface area contributed by atoms with Gasteiger partial charge in [0.2, 0.25) is 0 Å². The highest BCUT2D eigenvalue weighted by Crippen LogP contribution is 2.30. The van der Waals surface area contributed by atoms with Crippen molar-refractivity contribution >= 4 is 11.8 Å². The van der Waals surface area contributed by atoms with Gasteiger partial charge in [0.25, 0.3) is 11.8 Å². The van der Waals surface area contributed by atoms with Crippen LogP contribution < -0.4 is 5.32 Å². The monoisotopic (exact) mass is 441 g/mol. The van der Waals surface area contributed by atoms with Crippen LogP contribution in [0.25, 0.3) is 0 Å². The molecule has 0 spiro atoms. The molecule has 0 saturated carbocycles. The summed E-state index contributed by atoms with van der Waals surface area (Å²) in [5.74, 6) is 0.186. The van der Waals surface area contributed by atoms with E-state index in [-0.39, 0.29) is 17.7 Å². The highest BCUT2D eigenvalue weighted by molar-refractivity contribution is 5.95. The van der Waals surface area contributed by atoms with E-state index in [1.165, 1.54) is 5.56 Å². The number of hydrogen-bond acceptors (Lipinski definition) is 3. The second-order valence-electron chi connectivity index (χ2n) is 8.66. The molecule has 4 rings (SSSR count). The number of piperidine rings is 1. The van der Waals surface area contributed by atoms with E-state index in [4.69, 9.17) is 4.98 Å². The van der Waals surface area contributed by atoms with Crippen LogP contribution in [0.5, 0.6) is 0 Å². The first-order valence-electron chi connectivity index (χ1n) is 11.8. The normalized spacial score (nSPS) is 14.2. The van der Waals surface area contributed by atoms with Gasteiger partial charge in [0.1, 0.15) is 0 Å². The molecule has 0 bridgehead atoms. The first kappa shape index (κ1) is 22.7. The maximum atomic E-state index is 13.0. The molecule has 1 aromatic heterocycles. The van der Waals surface area contributed by atoms with Crippen LogP contribution >= 0.6 is 0 Å². The number of benzene rings is 2. The fourth-order valence-electron chi connectivity index (χ4n) is 4.43. The molecule has 1 N–H and O–H groups in total. The number of aryl methyl sites for hydroxylation is 2. The Morgan fingerprint density at radius 3 is 2.30 bits per heavy atom. The van der Waals surface area contributed by atoms with Crippen molar-refractivity contribution < 1.29 is 9.59 Å². The Hall–Kier alpha value is -3.47. The van der Waals surface area contributed by atoms with Gasteiger partial charge in [-0.2, -0.15) is 0 Å². The molecule has 0 atom stereocenters. The molecule has 170 valence electrons. The molecule has 1 fully saturated rings. The molecule has 33 heavy (non-hydrogen) atoms. The van der Waals surface area contributed by atoms with E-state index >= 15 is 0 Å². The Bertz CT molecular complexity index is 1070. The molecule has 1 aliphatic rings. The van der Waals surface area contributed by atoms with Crippen LogP contribution in [0.3, 0.4) is 0 Å². The van der Waals surface area contributed by atoms with Gasteiger partial charge < -0.3 is 10.2 Å². The number of amides is 2. The number of likely N-dealkylation sites (tertiary alicyclic amines) is 1. The van der Waals surface area contributed by atoms with Gasteiger partial charge in [-0.1, -0.05) is 48.5 Å². The number of carbonyl (C=O) groups excluding carboxylic acids is 2. The van der Waals surface area contributed by atoms with E-state index in [1.54, 1.807) is 0 Å². The Kier molecular flexibility index (Phi) is 7.51. The van der Waals surface area contributed by atoms with Crippen LogP contribution in [0.15, 0.2) is 72.8 Å². The van der Waals surface area contributed by atoms with Crippen molar-refractivity contribution in [2.75, 3.05) is 19.6 Å². The quantitative estimate of drug-likeness (QED) is 0.537. The summed E-state index contributed by atoms with van der Waals surface area (Å²) in [6.07, 6.45) is 3.45. The Balaban J connectivity index is 1.36. The molecule has 2 heterocycles. The molecule has 1 saturated heterocycles. The van der Waals surface area contributed by atoms with E-state index < -0.39 is 0 Å². The lowest BCUT2D eigenvalue weighted by Crippen LogP contribution is -2.38. The molecule has 2 aromatic carbocycles. The van der Waals surface area contributed by atoms with Crippen molar-refractivity contribution in [2.24, 2.45) is 0 Å². The van der Waals surface area contributed by atoms with Crippen LogP contribution in [0.4, 0.5) is 0 Å². The second kappa shape index (κ2) is 10.9. The fraction of sp³-hybridized carbons (Fsp3) is 0.321. The highest BCUT2D eigenvalue weighted by atomic mass is 16.2. The van der Waals surface area contributed by atoms with Crippen molar-refractivity contribution in [3.63, 3.8) is 0 Å². The lowest BCUT2D eigenvalue weighted by atomic mass is 9.89. The lowest BCUT2D eigenvalue weighted by molar-refractivity contribution is 0.0710. The Morgan fingerprint density at radius 2 is 1.61 bits per heavy atom. The summed E-state index contributed by atoms with van der Waals surface area (Å²) in [5.41, 5.74) is 4.44. The van der Waals surface area contributed by atoms with E-state index in [0.29, 0.717) is 25.2 Å². The molecule has 0 aliphatic carbocycles. The lowest BCUT2D eigenvalue weighted by Gasteiger charge is -2.32. The first-order valence-corrected chi connectivity index (χ1v) is 11.8. The number of pyridine rings is 1. The smallest absolute Gasteiger partial charge is 0.253 e. The number of hydrogen-bond donors (Lipinski definition) is 1. The maximum Gasteiger partial charge on any atom is 0.253 e. The number of aromatic nitrogens is 1. The van der Waals surface area contributed by atoms with Crippen molar-refractivity contribution in [2.45, 2.75) is 38.5 Å². The number of nitrogens with one attached hydrogen (secondary N) is 1. The first-order chi connectivity index (χ1) is 16.1. The zero-order chi connectivity index (χ0) is 23.0. The van der Waals surface area contributed by atoms with Crippen LogP contribution in [0.1, 0.15) is 62.8 Å². The van der Waals surface area contributed by atoms with Gasteiger partial charge in [0.15, 0.2) is 0 Å². The number of nitrogens with zero attached hydrogens (tertiary/aromatic N) is 2. The minimum atomic E-state index is -0.0617. The van der Waals surface area contributed by atoms with Gasteiger partial charge in [-0.3, -0.25) is 14.6 Å². The maximum absolute atomic E-state index is 13.0. The largest absolute Gasteiger partial charge is 0.352 e. The molecular weight excluding hydrogens is 410 g/mol. The SMILES string of the molecule is Cc1ccc(C(=O)NCCCc2ccccc2)c(C2CCN(C(=O)c3ccccc3)CC2)n1. The molecule has 5 nitrogen and oxygen atoms in total. The summed E-state index contributed by atoms with van der Waals surface area (Å²) in [6, 6.07) is 23.5. The average Bonchev–Trinajstić information content (AvgIpc) is 2.87. The molecule has 0 unspecified atom stereocenters. The van der Waals surface area contributed by atoms with E-state index in [9.17, 15) is 9.59 Å². The predicted molar refractivity (Wildman–Crippen MR) is 130 cm³/mol. The second-order valence-corrected chi connectivity index (χ2v) is 8.66. The van der Waals surface area contributed by atoms with E-state index in [0.717, 1.165) is 42.6 Å². The summed E-state index contributed by atoms with van der Waals surface area (Å²) in [7, 11) is 0. The van der Waals surface area contributed by atoms with Gasteiger partial charge >= 0.3 is 0 Å². The van der Waals surface area contributed by atoms with Gasteiger partial charge in [0.05, 0.1) is 11.3 Å². The van der Waals surface area contributed by atoms with E-state index in [1.807, 2.05) is 72.5 Å². The fourth-order valence-corrected chi connectivity index (χ4v) is 4.43. The van der Waals surface area contributed by atoms with Crippen molar-refractivity contribution in [3.8, 4) is 0 Å². The number of carbonyl (C=O) groups is 2. The molecule has 2 amide bonds. The topological polar surface area (TPSA) is 62.3 Å². The van der Waals surface area contributed by atoms with Crippen LogP contribution in [-0.2, 0) is 6.42 Å². The van der Waals surface area contributed by atoms with Crippen molar-refractivity contribution in [3.05, 3.63) is 101 Å². The number of rotatable bonds is 7. The van der Waals surface area contributed by atoms with Crippen LogP contribution in [0.2, 0.25) is 0 Å². The van der Waals surface area contributed by atoms with Crippen LogP contribution in [0, 0.1) is 6.92 Å². The molecule has 5 heteroatoms. The minimum Gasteiger partial charge on any atom is -0.352 e. The summed E-state index contributed by atoms with van der Waals surface area (Å²) < 4.78 is 0. The summed E-state index contributed by atoms with van der Waals surface area (Å²) >= 11 is 0. The van der Waals surface area contributed by atoms with E-state index in [2.05, 4.69) is 17.4 Å². The third kappa shape index (κ3) is 5.86. The molecule has 3 aromatic rings. The standard InChI is InChI=1S/C28H31N3O2/c1-21-14-15-25(27(32)29-18-8-11-22-9-4-2-5-10-22)26(30-21)23-16-19-31(20-17-23)28(33)24-12-6-3-7-13-24/h2-7,9-10,12-15,23H,8,11,16-20H2,1H3,(H,29,32). The summed E-state index contributed by atoms with van der Waals surface area (Å²) in [6.45, 7) is 3.93. The zero-order valence-corrected chi connectivity index (χ0v) is 19.2. The zero-order valence-electron chi connectivity index (χ0n) is 19.2.